The zero-order valence-electron chi connectivity index (χ0n) is 13.7. The van der Waals surface area contributed by atoms with Gasteiger partial charge in [-0.2, -0.15) is 10.2 Å². The van der Waals surface area contributed by atoms with Crippen molar-refractivity contribution < 1.29 is 4.79 Å². The standard InChI is InChI=1S/C18H15ClN4OS/c1-12-7-9-14(10-8-12)11-20-21-18-23(22-17(25-18)13(2)24)16-6-4-3-5-15(16)19/h3-11H,1-2H3/b20-11-,21-18+. The zero-order chi connectivity index (χ0) is 17.8. The SMILES string of the molecule is CC(=O)c1nn(-c2ccccc2Cl)/c(=N\N=C/c2ccc(C)cc2)s1. The van der Waals surface area contributed by atoms with Crippen molar-refractivity contribution in [1.29, 1.82) is 0 Å². The molecule has 0 saturated carbocycles. The summed E-state index contributed by atoms with van der Waals surface area (Å²) in [5, 5.41) is 13.5. The number of hydrogen-bond acceptors (Lipinski definition) is 5. The van der Waals surface area contributed by atoms with Gasteiger partial charge in [-0.15, -0.1) is 5.10 Å². The Morgan fingerprint density at radius 2 is 1.92 bits per heavy atom. The summed E-state index contributed by atoms with van der Waals surface area (Å²) in [5.41, 5.74) is 2.77. The van der Waals surface area contributed by atoms with Gasteiger partial charge in [-0.3, -0.25) is 4.79 Å². The Labute approximate surface area is 153 Å². The summed E-state index contributed by atoms with van der Waals surface area (Å²) in [6.45, 7) is 3.49. The van der Waals surface area contributed by atoms with E-state index < -0.39 is 0 Å². The minimum Gasteiger partial charge on any atom is -0.292 e. The van der Waals surface area contributed by atoms with Gasteiger partial charge in [-0.25, -0.2) is 4.68 Å². The van der Waals surface area contributed by atoms with Gasteiger partial charge in [0.2, 0.25) is 4.80 Å². The largest absolute Gasteiger partial charge is 0.292 e. The second-order valence-electron chi connectivity index (χ2n) is 5.36. The van der Waals surface area contributed by atoms with Crippen molar-refractivity contribution in [2.24, 2.45) is 10.2 Å². The molecular weight excluding hydrogens is 356 g/mol. The quantitative estimate of drug-likeness (QED) is 0.395. The fourth-order valence-corrected chi connectivity index (χ4v) is 3.04. The summed E-state index contributed by atoms with van der Waals surface area (Å²) in [5.74, 6) is -0.130. The van der Waals surface area contributed by atoms with Gasteiger partial charge in [0.05, 0.1) is 16.9 Å². The van der Waals surface area contributed by atoms with Gasteiger partial charge in [0.1, 0.15) is 0 Å². The lowest BCUT2D eigenvalue weighted by molar-refractivity contribution is 0.101. The van der Waals surface area contributed by atoms with Gasteiger partial charge in [0.25, 0.3) is 0 Å². The third kappa shape index (κ3) is 4.10. The van der Waals surface area contributed by atoms with Crippen LogP contribution in [0.3, 0.4) is 0 Å². The summed E-state index contributed by atoms with van der Waals surface area (Å²) in [6, 6.07) is 15.2. The van der Waals surface area contributed by atoms with E-state index in [1.54, 1.807) is 12.3 Å². The molecule has 3 aromatic rings. The Morgan fingerprint density at radius 3 is 2.60 bits per heavy atom. The highest BCUT2D eigenvalue weighted by atomic mass is 35.5. The first-order valence-electron chi connectivity index (χ1n) is 7.54. The monoisotopic (exact) mass is 370 g/mol. The van der Waals surface area contributed by atoms with Crippen LogP contribution in [0.25, 0.3) is 5.69 Å². The van der Waals surface area contributed by atoms with Crippen molar-refractivity contribution in [3.63, 3.8) is 0 Å². The van der Waals surface area contributed by atoms with Crippen LogP contribution in [0.1, 0.15) is 27.9 Å². The summed E-state index contributed by atoms with van der Waals surface area (Å²) in [4.78, 5) is 12.1. The molecule has 0 unspecified atom stereocenters. The highest BCUT2D eigenvalue weighted by molar-refractivity contribution is 7.11. The molecule has 0 atom stereocenters. The Hall–Kier alpha value is -2.57. The maximum Gasteiger partial charge on any atom is 0.233 e. The third-order valence-corrected chi connectivity index (χ3v) is 4.69. The second kappa shape index (κ2) is 7.55. The minimum atomic E-state index is -0.130. The Bertz CT molecular complexity index is 1000. The maximum absolute atomic E-state index is 11.7. The van der Waals surface area contributed by atoms with E-state index in [1.807, 2.05) is 49.4 Å². The molecule has 7 heteroatoms. The fourth-order valence-electron chi connectivity index (χ4n) is 2.07. The van der Waals surface area contributed by atoms with Crippen molar-refractivity contribution in [2.75, 3.05) is 0 Å². The molecule has 0 bridgehead atoms. The number of carbonyl (C=O) groups is 1. The summed E-state index contributed by atoms with van der Waals surface area (Å²) in [6.07, 6.45) is 1.66. The number of aryl methyl sites for hydroxylation is 1. The first-order valence-corrected chi connectivity index (χ1v) is 8.74. The van der Waals surface area contributed by atoms with E-state index in [0.29, 0.717) is 20.5 Å². The topological polar surface area (TPSA) is 59.6 Å². The second-order valence-corrected chi connectivity index (χ2v) is 6.73. The van der Waals surface area contributed by atoms with Crippen LogP contribution in [0, 0.1) is 6.92 Å². The van der Waals surface area contributed by atoms with Crippen molar-refractivity contribution in [2.45, 2.75) is 13.8 Å². The molecular formula is C18H15ClN4OS. The lowest BCUT2D eigenvalue weighted by Crippen LogP contribution is -2.14. The lowest BCUT2D eigenvalue weighted by Gasteiger charge is -2.02. The van der Waals surface area contributed by atoms with Crippen molar-refractivity contribution in [3.05, 3.63) is 74.5 Å². The minimum absolute atomic E-state index is 0.130. The Morgan fingerprint density at radius 1 is 1.20 bits per heavy atom. The third-order valence-electron chi connectivity index (χ3n) is 3.37. The Balaban J connectivity index is 2.04. The molecule has 1 aromatic heterocycles. The molecule has 5 nitrogen and oxygen atoms in total. The highest BCUT2D eigenvalue weighted by Crippen LogP contribution is 2.18. The van der Waals surface area contributed by atoms with E-state index in [9.17, 15) is 4.79 Å². The van der Waals surface area contributed by atoms with Gasteiger partial charge in [0, 0.05) is 6.92 Å². The van der Waals surface area contributed by atoms with Crippen LogP contribution in [0.2, 0.25) is 5.02 Å². The van der Waals surface area contributed by atoms with E-state index in [2.05, 4.69) is 15.3 Å². The fraction of sp³-hybridized carbons (Fsp3) is 0.111. The Kier molecular flexibility index (Phi) is 5.21. The van der Waals surface area contributed by atoms with Gasteiger partial charge >= 0.3 is 0 Å². The first-order chi connectivity index (χ1) is 12.0. The number of ketones is 1. The summed E-state index contributed by atoms with van der Waals surface area (Å²) >= 11 is 7.42. The predicted molar refractivity (Wildman–Crippen MR) is 101 cm³/mol. The molecule has 0 N–H and O–H groups in total. The number of halogens is 1. The van der Waals surface area contributed by atoms with Gasteiger partial charge in [-0.05, 0) is 24.6 Å². The molecule has 0 aliphatic carbocycles. The lowest BCUT2D eigenvalue weighted by atomic mass is 10.2. The molecule has 0 saturated heterocycles. The van der Waals surface area contributed by atoms with Crippen LogP contribution in [-0.4, -0.2) is 21.8 Å². The molecule has 126 valence electrons. The molecule has 0 spiro atoms. The summed E-state index contributed by atoms with van der Waals surface area (Å²) in [7, 11) is 0. The molecule has 0 radical (unpaired) electrons. The molecule has 1 heterocycles. The molecule has 3 rings (SSSR count). The van der Waals surface area contributed by atoms with Crippen LogP contribution >= 0.6 is 22.9 Å². The number of rotatable bonds is 4. The predicted octanol–water partition coefficient (Wildman–Crippen LogP) is 4.03. The zero-order valence-corrected chi connectivity index (χ0v) is 15.3. The van der Waals surface area contributed by atoms with Crippen LogP contribution in [-0.2, 0) is 0 Å². The van der Waals surface area contributed by atoms with Crippen molar-refractivity contribution in [3.8, 4) is 5.69 Å². The van der Waals surface area contributed by atoms with E-state index in [1.165, 1.54) is 28.5 Å². The van der Waals surface area contributed by atoms with E-state index in [4.69, 9.17) is 11.6 Å². The van der Waals surface area contributed by atoms with E-state index >= 15 is 0 Å². The highest BCUT2D eigenvalue weighted by Gasteiger charge is 2.12. The first kappa shape index (κ1) is 17.3. The maximum atomic E-state index is 11.7. The van der Waals surface area contributed by atoms with Crippen LogP contribution in [0.4, 0.5) is 0 Å². The van der Waals surface area contributed by atoms with E-state index in [-0.39, 0.29) is 5.78 Å². The smallest absolute Gasteiger partial charge is 0.233 e. The van der Waals surface area contributed by atoms with Crippen LogP contribution < -0.4 is 4.80 Å². The molecule has 2 aromatic carbocycles. The van der Waals surface area contributed by atoms with Gasteiger partial charge in [-0.1, -0.05) is 64.9 Å². The van der Waals surface area contributed by atoms with Crippen LogP contribution in [0.15, 0.2) is 58.7 Å². The molecule has 0 aliphatic heterocycles. The molecule has 25 heavy (non-hydrogen) atoms. The number of aromatic nitrogens is 2. The number of carbonyl (C=O) groups excluding carboxylic acids is 1. The molecule has 0 amide bonds. The number of para-hydroxylation sites is 1. The van der Waals surface area contributed by atoms with Crippen molar-refractivity contribution >= 4 is 34.9 Å². The number of benzene rings is 2. The molecule has 0 aliphatic rings. The van der Waals surface area contributed by atoms with Gasteiger partial charge < -0.3 is 0 Å². The average molecular weight is 371 g/mol. The number of Topliss-reactive ketones (excluding diaryl/α,β-unsaturated/α-hetero) is 1. The van der Waals surface area contributed by atoms with Gasteiger partial charge in [0.15, 0.2) is 10.8 Å². The van der Waals surface area contributed by atoms with Crippen molar-refractivity contribution in [1.82, 2.24) is 9.78 Å². The molecule has 0 fully saturated rings. The van der Waals surface area contributed by atoms with E-state index in [0.717, 1.165) is 5.56 Å². The number of nitrogens with zero attached hydrogens (tertiary/aromatic N) is 4. The van der Waals surface area contributed by atoms with Crippen LogP contribution in [0.5, 0.6) is 0 Å². The number of hydrogen-bond donors (Lipinski definition) is 0. The summed E-state index contributed by atoms with van der Waals surface area (Å²) < 4.78 is 1.54. The average Bonchev–Trinajstić information content (AvgIpc) is 3.01. The normalized spacial score (nSPS) is 12.0.